The van der Waals surface area contributed by atoms with E-state index in [1.807, 2.05) is 0 Å². The van der Waals surface area contributed by atoms with Crippen molar-refractivity contribution in [1.82, 2.24) is 0 Å². The van der Waals surface area contributed by atoms with Crippen LogP contribution in [0.5, 0.6) is 0 Å². The fraction of sp³-hybridized carbons (Fsp3) is 0.308. The van der Waals surface area contributed by atoms with Crippen molar-refractivity contribution in [3.8, 4) is 0 Å². The number of ether oxygens (including phenoxy) is 1. The van der Waals surface area contributed by atoms with Gasteiger partial charge >= 0.3 is 5.97 Å². The zero-order chi connectivity index (χ0) is 15.0. The highest BCUT2D eigenvalue weighted by atomic mass is 35.5. The molecule has 1 aromatic rings. The normalized spacial score (nSPS) is 13.9. The lowest BCUT2D eigenvalue weighted by molar-refractivity contribution is -0.146. The van der Waals surface area contributed by atoms with E-state index in [1.54, 1.807) is 13.8 Å². The lowest BCUT2D eigenvalue weighted by Crippen LogP contribution is -2.36. The van der Waals surface area contributed by atoms with E-state index < -0.39 is 17.7 Å². The number of anilines is 1. The van der Waals surface area contributed by atoms with Gasteiger partial charge < -0.3 is 4.74 Å². The van der Waals surface area contributed by atoms with Gasteiger partial charge in [-0.15, -0.1) is 0 Å². The second-order valence-corrected chi connectivity index (χ2v) is 5.39. The topological polar surface area (TPSA) is 63.7 Å². The molecule has 106 valence electrons. The molecule has 0 saturated heterocycles. The molecular weight excluding hydrogens is 305 g/mol. The molecule has 0 saturated carbocycles. The van der Waals surface area contributed by atoms with Crippen molar-refractivity contribution < 1.29 is 19.1 Å². The third-order valence-corrected chi connectivity index (χ3v) is 3.14. The van der Waals surface area contributed by atoms with Crippen LogP contribution in [0.15, 0.2) is 12.1 Å². The van der Waals surface area contributed by atoms with Gasteiger partial charge in [-0.3, -0.25) is 19.3 Å². The highest BCUT2D eigenvalue weighted by molar-refractivity contribution is 6.55. The molecule has 1 aromatic carbocycles. The highest BCUT2D eigenvalue weighted by Crippen LogP contribution is 2.38. The third kappa shape index (κ3) is 2.64. The van der Waals surface area contributed by atoms with Crippen molar-refractivity contribution in [2.75, 3.05) is 11.4 Å². The van der Waals surface area contributed by atoms with Gasteiger partial charge in [0, 0.05) is 5.02 Å². The molecule has 1 amide bonds. The lowest BCUT2D eigenvalue weighted by atomic mass is 10.1. The molecule has 0 bridgehead atoms. The Kier molecular flexibility index (Phi) is 4.01. The Bertz CT molecular complexity index is 613. The number of ketones is 1. The quantitative estimate of drug-likeness (QED) is 0.635. The monoisotopic (exact) mass is 315 g/mol. The number of nitrogens with zero attached hydrogens (tertiary/aromatic N) is 1. The number of amides is 1. The first kappa shape index (κ1) is 14.8. The summed E-state index contributed by atoms with van der Waals surface area (Å²) in [6.45, 7) is 3.02. The molecular formula is C13H11Cl2NO4. The first-order valence-corrected chi connectivity index (χ1v) is 6.61. The zero-order valence-corrected chi connectivity index (χ0v) is 12.3. The van der Waals surface area contributed by atoms with E-state index in [-0.39, 0.29) is 33.9 Å². The molecule has 1 aliphatic rings. The summed E-state index contributed by atoms with van der Waals surface area (Å²) in [6, 6.07) is 2.77. The number of halogens is 2. The van der Waals surface area contributed by atoms with Gasteiger partial charge in [-0.25, -0.2) is 0 Å². The first-order valence-electron chi connectivity index (χ1n) is 5.86. The molecule has 0 atom stereocenters. The van der Waals surface area contributed by atoms with Crippen LogP contribution in [0.1, 0.15) is 24.2 Å². The van der Waals surface area contributed by atoms with Gasteiger partial charge in [0.05, 0.1) is 22.4 Å². The van der Waals surface area contributed by atoms with Crippen molar-refractivity contribution in [3.63, 3.8) is 0 Å². The average Bonchev–Trinajstić information content (AvgIpc) is 2.53. The number of carbonyl (C=O) groups excluding carboxylic acids is 3. The molecule has 7 heteroatoms. The van der Waals surface area contributed by atoms with E-state index in [1.165, 1.54) is 12.1 Å². The van der Waals surface area contributed by atoms with Crippen molar-refractivity contribution in [2.45, 2.75) is 20.0 Å². The summed E-state index contributed by atoms with van der Waals surface area (Å²) in [6.07, 6.45) is -0.309. The van der Waals surface area contributed by atoms with Gasteiger partial charge in [-0.05, 0) is 26.0 Å². The van der Waals surface area contributed by atoms with Gasteiger partial charge in [0.15, 0.2) is 0 Å². The summed E-state index contributed by atoms with van der Waals surface area (Å²) in [5, 5.41) is 0.394. The van der Waals surface area contributed by atoms with E-state index >= 15 is 0 Å². The Morgan fingerprint density at radius 1 is 1.30 bits per heavy atom. The van der Waals surface area contributed by atoms with Gasteiger partial charge in [0.25, 0.3) is 11.7 Å². The summed E-state index contributed by atoms with van der Waals surface area (Å²) < 4.78 is 4.96. The molecule has 2 rings (SSSR count). The van der Waals surface area contributed by atoms with E-state index in [2.05, 4.69) is 0 Å². The van der Waals surface area contributed by atoms with Gasteiger partial charge in [0.1, 0.15) is 6.54 Å². The Hall–Kier alpha value is -1.59. The minimum Gasteiger partial charge on any atom is -0.462 e. The Morgan fingerprint density at radius 2 is 1.95 bits per heavy atom. The van der Waals surface area contributed by atoms with Crippen LogP contribution in [0.2, 0.25) is 10.0 Å². The van der Waals surface area contributed by atoms with E-state index in [0.29, 0.717) is 0 Å². The molecule has 0 fully saturated rings. The fourth-order valence-electron chi connectivity index (χ4n) is 1.93. The molecule has 0 spiro atoms. The summed E-state index contributed by atoms with van der Waals surface area (Å²) in [5.41, 5.74) is 0.302. The van der Waals surface area contributed by atoms with Crippen LogP contribution in [-0.4, -0.2) is 30.3 Å². The molecule has 0 aromatic heterocycles. The number of esters is 1. The largest absolute Gasteiger partial charge is 0.462 e. The van der Waals surface area contributed by atoms with Gasteiger partial charge in [-0.1, -0.05) is 23.2 Å². The van der Waals surface area contributed by atoms with Crippen molar-refractivity contribution in [2.24, 2.45) is 0 Å². The molecule has 20 heavy (non-hydrogen) atoms. The number of hydrogen-bond donors (Lipinski definition) is 0. The summed E-state index contributed by atoms with van der Waals surface area (Å²) in [5.74, 6) is -2.16. The standard InChI is InChI=1S/C13H11Cl2NO4/c1-6(2)20-10(17)5-16-11-8(12(18)13(16)19)3-7(14)4-9(11)15/h3-4,6H,5H2,1-2H3. The maximum atomic E-state index is 11.9. The van der Waals surface area contributed by atoms with Crippen LogP contribution in [0.3, 0.4) is 0 Å². The molecule has 1 aliphatic heterocycles. The smallest absolute Gasteiger partial charge is 0.326 e. The zero-order valence-electron chi connectivity index (χ0n) is 10.8. The maximum absolute atomic E-state index is 11.9. The van der Waals surface area contributed by atoms with E-state index in [9.17, 15) is 14.4 Å². The number of carbonyl (C=O) groups is 3. The Balaban J connectivity index is 2.36. The molecule has 5 nitrogen and oxygen atoms in total. The van der Waals surface area contributed by atoms with E-state index in [4.69, 9.17) is 27.9 Å². The number of Topliss-reactive ketones (excluding diaryl/α,β-unsaturated/α-hetero) is 1. The third-order valence-electron chi connectivity index (χ3n) is 2.64. The minimum absolute atomic E-state index is 0.102. The summed E-state index contributed by atoms with van der Waals surface area (Å²) in [7, 11) is 0. The fourth-order valence-corrected chi connectivity index (χ4v) is 2.53. The van der Waals surface area contributed by atoms with Crippen LogP contribution in [0, 0.1) is 0 Å². The van der Waals surface area contributed by atoms with Gasteiger partial charge in [0.2, 0.25) is 0 Å². The lowest BCUT2D eigenvalue weighted by Gasteiger charge is -2.17. The molecule has 0 unspecified atom stereocenters. The van der Waals surface area contributed by atoms with Crippen molar-refractivity contribution >= 4 is 46.5 Å². The van der Waals surface area contributed by atoms with Crippen LogP contribution in [-0.2, 0) is 14.3 Å². The Labute approximate surface area is 125 Å². The van der Waals surface area contributed by atoms with Gasteiger partial charge in [-0.2, -0.15) is 0 Å². The minimum atomic E-state index is -0.815. The first-order chi connectivity index (χ1) is 9.31. The average molecular weight is 316 g/mol. The molecule has 1 heterocycles. The summed E-state index contributed by atoms with van der Waals surface area (Å²) in [4.78, 5) is 36.4. The van der Waals surface area contributed by atoms with Crippen LogP contribution in [0.25, 0.3) is 0 Å². The number of benzene rings is 1. The highest BCUT2D eigenvalue weighted by Gasteiger charge is 2.39. The number of hydrogen-bond acceptors (Lipinski definition) is 4. The van der Waals surface area contributed by atoms with Crippen LogP contribution >= 0.6 is 23.2 Å². The predicted octanol–water partition coefficient (Wildman–Crippen LogP) is 2.47. The molecule has 0 radical (unpaired) electrons. The van der Waals surface area contributed by atoms with Crippen LogP contribution < -0.4 is 4.90 Å². The second kappa shape index (κ2) is 5.42. The summed E-state index contributed by atoms with van der Waals surface area (Å²) >= 11 is 11.8. The number of fused-ring (bicyclic) bond motifs is 1. The SMILES string of the molecule is CC(C)OC(=O)CN1C(=O)C(=O)c2cc(Cl)cc(Cl)c21. The molecule has 0 aliphatic carbocycles. The van der Waals surface area contributed by atoms with Crippen LogP contribution in [0.4, 0.5) is 5.69 Å². The maximum Gasteiger partial charge on any atom is 0.326 e. The predicted molar refractivity (Wildman–Crippen MR) is 74.4 cm³/mol. The van der Waals surface area contributed by atoms with Crippen molar-refractivity contribution in [3.05, 3.63) is 27.7 Å². The number of rotatable bonds is 3. The molecule has 0 N–H and O–H groups in total. The second-order valence-electron chi connectivity index (χ2n) is 4.54. The Morgan fingerprint density at radius 3 is 2.55 bits per heavy atom. The van der Waals surface area contributed by atoms with Crippen molar-refractivity contribution in [1.29, 1.82) is 0 Å². The van der Waals surface area contributed by atoms with E-state index in [0.717, 1.165) is 4.90 Å².